The molecule has 116 valence electrons. The number of nitriles is 1. The minimum Gasteiger partial charge on any atom is -0.352 e. The van der Waals surface area contributed by atoms with Crippen molar-refractivity contribution in [1.82, 2.24) is 19.7 Å². The number of hydrogen-bond acceptors (Lipinski definition) is 5. The van der Waals surface area contributed by atoms with Crippen LogP contribution < -0.4 is 4.90 Å². The molecule has 1 saturated heterocycles. The van der Waals surface area contributed by atoms with E-state index in [-0.39, 0.29) is 0 Å². The van der Waals surface area contributed by atoms with Crippen LogP contribution in [0.5, 0.6) is 0 Å². The molecule has 6 heteroatoms. The van der Waals surface area contributed by atoms with Crippen LogP contribution in [-0.4, -0.2) is 52.9 Å². The molecule has 0 radical (unpaired) electrons. The Balaban J connectivity index is 1.95. The molecule has 4 rings (SSSR count). The predicted molar refractivity (Wildman–Crippen MR) is 90.4 cm³/mol. The van der Waals surface area contributed by atoms with E-state index in [0.717, 1.165) is 53.8 Å². The van der Waals surface area contributed by atoms with E-state index >= 15 is 0 Å². The molecule has 0 aliphatic carbocycles. The van der Waals surface area contributed by atoms with Crippen molar-refractivity contribution < 1.29 is 0 Å². The summed E-state index contributed by atoms with van der Waals surface area (Å²) in [5.41, 5.74) is 2.48. The van der Waals surface area contributed by atoms with Crippen LogP contribution in [0.3, 0.4) is 0 Å². The molecule has 0 saturated carbocycles. The summed E-state index contributed by atoms with van der Waals surface area (Å²) in [5.74, 6) is 0.950. The van der Waals surface area contributed by atoms with E-state index in [1.54, 1.807) is 0 Å². The summed E-state index contributed by atoms with van der Waals surface area (Å²) in [5, 5.41) is 15.8. The smallest absolute Gasteiger partial charge is 0.157 e. The van der Waals surface area contributed by atoms with Gasteiger partial charge in [-0.3, -0.25) is 4.68 Å². The molecule has 1 aliphatic heterocycles. The molecule has 0 unspecified atom stereocenters. The molecule has 6 nitrogen and oxygen atoms in total. The fraction of sp³-hybridized carbons (Fsp3) is 0.353. The summed E-state index contributed by atoms with van der Waals surface area (Å²) >= 11 is 0. The molecule has 23 heavy (non-hydrogen) atoms. The Morgan fingerprint density at radius 3 is 2.61 bits per heavy atom. The fourth-order valence-electron chi connectivity index (χ4n) is 3.18. The van der Waals surface area contributed by atoms with E-state index in [0.29, 0.717) is 5.56 Å². The largest absolute Gasteiger partial charge is 0.352 e. The molecule has 0 spiro atoms. The predicted octanol–water partition coefficient (Wildman–Crippen LogP) is 1.74. The van der Waals surface area contributed by atoms with Gasteiger partial charge in [0.25, 0.3) is 0 Å². The summed E-state index contributed by atoms with van der Waals surface area (Å²) < 4.78 is 1.82. The van der Waals surface area contributed by atoms with E-state index in [1.165, 1.54) is 0 Å². The maximum absolute atomic E-state index is 9.15. The molecule has 0 atom stereocenters. The number of anilines is 1. The first-order valence-corrected chi connectivity index (χ1v) is 7.76. The van der Waals surface area contributed by atoms with Crippen LogP contribution in [0.4, 0.5) is 5.82 Å². The Hall–Kier alpha value is -2.65. The van der Waals surface area contributed by atoms with Gasteiger partial charge < -0.3 is 9.80 Å². The van der Waals surface area contributed by atoms with Crippen LogP contribution in [0.1, 0.15) is 5.56 Å². The van der Waals surface area contributed by atoms with Crippen LogP contribution >= 0.6 is 0 Å². The number of aromatic nitrogens is 3. The van der Waals surface area contributed by atoms with Gasteiger partial charge in [0.05, 0.1) is 17.1 Å². The highest BCUT2D eigenvalue weighted by Crippen LogP contribution is 2.31. The SMILES string of the molecule is CN1CCN(c2nc3ccc(C#N)cc3c3cn(C)nc23)CC1. The van der Waals surface area contributed by atoms with Crippen LogP contribution in [0.25, 0.3) is 21.8 Å². The Bertz CT molecular complexity index is 928. The van der Waals surface area contributed by atoms with Gasteiger partial charge in [-0.05, 0) is 25.2 Å². The number of likely N-dealkylation sites (N-methyl/N-ethyl adjacent to an activating group) is 1. The van der Waals surface area contributed by atoms with E-state index in [4.69, 9.17) is 10.2 Å². The summed E-state index contributed by atoms with van der Waals surface area (Å²) in [4.78, 5) is 9.50. The topological polar surface area (TPSA) is 61.0 Å². The van der Waals surface area contributed by atoms with Crippen molar-refractivity contribution in [2.75, 3.05) is 38.1 Å². The normalized spacial score (nSPS) is 16.1. The Morgan fingerprint density at radius 1 is 1.09 bits per heavy atom. The second-order valence-corrected chi connectivity index (χ2v) is 6.13. The van der Waals surface area contributed by atoms with E-state index in [2.05, 4.69) is 28.0 Å². The first-order valence-electron chi connectivity index (χ1n) is 7.76. The van der Waals surface area contributed by atoms with E-state index in [9.17, 15) is 0 Å². The maximum atomic E-state index is 9.15. The van der Waals surface area contributed by atoms with Gasteiger partial charge in [-0.25, -0.2) is 4.98 Å². The molecular formula is C17H18N6. The average molecular weight is 306 g/mol. The van der Waals surface area contributed by atoms with Crippen LogP contribution in [0.2, 0.25) is 0 Å². The lowest BCUT2D eigenvalue weighted by Crippen LogP contribution is -2.44. The van der Waals surface area contributed by atoms with Gasteiger partial charge in [-0.15, -0.1) is 0 Å². The van der Waals surface area contributed by atoms with Crippen molar-refractivity contribution in [3.63, 3.8) is 0 Å². The van der Waals surface area contributed by atoms with Crippen LogP contribution in [-0.2, 0) is 7.05 Å². The highest BCUT2D eigenvalue weighted by atomic mass is 15.3. The van der Waals surface area contributed by atoms with E-state index in [1.807, 2.05) is 36.1 Å². The monoisotopic (exact) mass is 306 g/mol. The summed E-state index contributed by atoms with van der Waals surface area (Å²) in [7, 11) is 4.07. The Labute approximate surface area is 134 Å². The average Bonchev–Trinajstić information content (AvgIpc) is 2.96. The number of pyridine rings is 1. The maximum Gasteiger partial charge on any atom is 0.157 e. The Kier molecular flexibility index (Phi) is 3.17. The lowest BCUT2D eigenvalue weighted by molar-refractivity contribution is 0.312. The quantitative estimate of drug-likeness (QED) is 0.685. The molecule has 3 heterocycles. The number of nitrogens with zero attached hydrogens (tertiary/aromatic N) is 6. The molecule has 0 N–H and O–H groups in total. The lowest BCUT2D eigenvalue weighted by Gasteiger charge is -2.33. The highest BCUT2D eigenvalue weighted by Gasteiger charge is 2.21. The van der Waals surface area contributed by atoms with Crippen molar-refractivity contribution in [2.45, 2.75) is 0 Å². The molecule has 1 aliphatic rings. The second kappa shape index (κ2) is 5.21. The van der Waals surface area contributed by atoms with Gasteiger partial charge >= 0.3 is 0 Å². The number of benzene rings is 1. The van der Waals surface area contributed by atoms with Crippen molar-refractivity contribution in [1.29, 1.82) is 5.26 Å². The highest BCUT2D eigenvalue weighted by molar-refractivity contribution is 6.08. The second-order valence-electron chi connectivity index (χ2n) is 6.13. The zero-order valence-electron chi connectivity index (χ0n) is 13.3. The summed E-state index contributed by atoms with van der Waals surface area (Å²) in [6.07, 6.45) is 2.01. The molecule has 0 amide bonds. The standard InChI is InChI=1S/C17H18N6/c1-21-5-7-23(8-6-21)17-16-14(11-22(2)20-16)13-9-12(10-18)3-4-15(13)19-17/h3-4,9,11H,5-8H2,1-2H3. The number of aryl methyl sites for hydroxylation is 1. The first-order chi connectivity index (χ1) is 11.2. The van der Waals surface area contributed by atoms with E-state index < -0.39 is 0 Å². The third kappa shape index (κ3) is 2.30. The summed E-state index contributed by atoms with van der Waals surface area (Å²) in [6.45, 7) is 3.97. The summed E-state index contributed by atoms with van der Waals surface area (Å²) in [6, 6.07) is 7.86. The van der Waals surface area contributed by atoms with Gasteiger partial charge in [-0.2, -0.15) is 10.4 Å². The van der Waals surface area contributed by atoms with Crippen LogP contribution in [0.15, 0.2) is 24.4 Å². The number of fused-ring (bicyclic) bond motifs is 3. The third-order valence-electron chi connectivity index (χ3n) is 4.49. The third-order valence-corrected chi connectivity index (χ3v) is 4.49. The van der Waals surface area contributed by atoms with Gasteiger partial charge in [0.15, 0.2) is 5.82 Å². The van der Waals surface area contributed by atoms with Crippen molar-refractivity contribution in [3.05, 3.63) is 30.0 Å². The lowest BCUT2D eigenvalue weighted by atomic mass is 10.1. The minimum atomic E-state index is 0.650. The molecular weight excluding hydrogens is 288 g/mol. The zero-order valence-corrected chi connectivity index (χ0v) is 13.3. The zero-order chi connectivity index (χ0) is 16.0. The molecule has 3 aromatic rings. The first kappa shape index (κ1) is 14.0. The van der Waals surface area contributed by atoms with Crippen molar-refractivity contribution in [2.24, 2.45) is 7.05 Å². The Morgan fingerprint density at radius 2 is 1.87 bits per heavy atom. The number of rotatable bonds is 1. The molecule has 1 aromatic carbocycles. The molecule has 0 bridgehead atoms. The van der Waals surface area contributed by atoms with Gasteiger partial charge in [0.2, 0.25) is 0 Å². The van der Waals surface area contributed by atoms with Gasteiger partial charge in [-0.1, -0.05) is 0 Å². The number of piperazine rings is 1. The minimum absolute atomic E-state index is 0.650. The van der Waals surface area contributed by atoms with Crippen molar-refractivity contribution >= 4 is 27.6 Å². The molecule has 2 aromatic heterocycles. The van der Waals surface area contributed by atoms with Gasteiger partial charge in [0, 0.05) is 50.2 Å². The molecule has 1 fully saturated rings. The van der Waals surface area contributed by atoms with Crippen molar-refractivity contribution in [3.8, 4) is 6.07 Å². The fourth-order valence-corrected chi connectivity index (χ4v) is 3.18. The van der Waals surface area contributed by atoms with Gasteiger partial charge in [0.1, 0.15) is 5.52 Å². The number of hydrogen-bond donors (Lipinski definition) is 0. The van der Waals surface area contributed by atoms with Crippen LogP contribution in [0, 0.1) is 11.3 Å².